The van der Waals surface area contributed by atoms with Gasteiger partial charge in [0.2, 0.25) is 16.6 Å². The Labute approximate surface area is 328 Å². The van der Waals surface area contributed by atoms with Crippen molar-refractivity contribution in [3.63, 3.8) is 0 Å². The molecule has 0 saturated heterocycles. The van der Waals surface area contributed by atoms with Crippen LogP contribution in [0.25, 0.3) is 0 Å². The lowest BCUT2D eigenvalue weighted by molar-refractivity contribution is -0.148. The van der Waals surface area contributed by atoms with Crippen LogP contribution in [0.4, 0.5) is 0 Å². The summed E-state index contributed by atoms with van der Waals surface area (Å²) in [4.78, 5) is 26.4. The minimum absolute atomic E-state index is 0.0732. The monoisotopic (exact) mass is 772 g/mol. The number of carbonyl (C=O) groups excluding carboxylic acids is 2. The normalized spacial score (nSPS) is 30.2. The number of fused-ring (bicyclic) bond motifs is 6. The highest BCUT2D eigenvalue weighted by atomic mass is 28.4. The third-order valence-electron chi connectivity index (χ3n) is 14.4. The zero-order chi connectivity index (χ0) is 40.4. The maximum atomic E-state index is 13.2. The van der Waals surface area contributed by atoms with Crippen molar-refractivity contribution in [3.05, 3.63) is 94.5 Å². The van der Waals surface area contributed by atoms with Gasteiger partial charge in [-0.1, -0.05) is 116 Å². The zero-order valence-corrected chi connectivity index (χ0v) is 38.1. The van der Waals surface area contributed by atoms with Gasteiger partial charge in [0.25, 0.3) is 0 Å². The van der Waals surface area contributed by atoms with Crippen molar-refractivity contribution in [2.75, 3.05) is 14.2 Å². The van der Waals surface area contributed by atoms with Crippen LogP contribution in [0, 0.1) is 22.7 Å². The maximum absolute atomic E-state index is 13.2. The van der Waals surface area contributed by atoms with Gasteiger partial charge in [-0.25, -0.2) is 0 Å². The van der Waals surface area contributed by atoms with Gasteiger partial charge in [0, 0.05) is 11.8 Å². The van der Waals surface area contributed by atoms with E-state index in [9.17, 15) is 9.59 Å². The van der Waals surface area contributed by atoms with E-state index in [2.05, 4.69) is 130 Å². The molecule has 8 heteroatoms. The molecule has 2 saturated carbocycles. The first-order valence-electron chi connectivity index (χ1n) is 20.1. The van der Waals surface area contributed by atoms with Crippen LogP contribution in [0.1, 0.15) is 128 Å². The third-order valence-corrected chi connectivity index (χ3v) is 23.1. The third kappa shape index (κ3) is 6.55. The Morgan fingerprint density at radius 1 is 0.611 bits per heavy atom. The number of carbonyl (C=O) groups is 2. The van der Waals surface area contributed by atoms with Gasteiger partial charge < -0.3 is 18.3 Å². The van der Waals surface area contributed by atoms with Gasteiger partial charge in [0.15, 0.2) is 0 Å². The Morgan fingerprint density at radius 2 is 0.907 bits per heavy atom. The molecular weight excluding hydrogens is 705 g/mol. The van der Waals surface area contributed by atoms with Crippen molar-refractivity contribution in [2.45, 2.75) is 142 Å². The summed E-state index contributed by atoms with van der Waals surface area (Å²) in [6.07, 6.45) is 6.02. The maximum Gasteiger partial charge on any atom is 0.320 e. The minimum Gasteiger partial charge on any atom is -0.546 e. The minimum atomic E-state index is -2.07. The van der Waals surface area contributed by atoms with Crippen molar-refractivity contribution < 1.29 is 27.9 Å². The molecule has 0 N–H and O–H groups in total. The van der Waals surface area contributed by atoms with E-state index in [4.69, 9.17) is 18.3 Å². The largest absolute Gasteiger partial charge is 0.546 e. The molecule has 2 aromatic rings. The summed E-state index contributed by atoms with van der Waals surface area (Å²) in [6.45, 7) is 30.9. The predicted octanol–water partition coefficient (Wildman–Crippen LogP) is 12.0. The number of hydrogen-bond acceptors (Lipinski definition) is 6. The van der Waals surface area contributed by atoms with Gasteiger partial charge in [-0.2, -0.15) is 0 Å². The molecule has 4 aliphatic carbocycles. The van der Waals surface area contributed by atoms with E-state index in [0.29, 0.717) is 11.8 Å². The van der Waals surface area contributed by atoms with E-state index in [-0.39, 0.29) is 45.7 Å². The molecule has 2 aromatic carbocycles. The summed E-state index contributed by atoms with van der Waals surface area (Å²) in [5.41, 5.74) is 3.99. The summed E-state index contributed by atoms with van der Waals surface area (Å²) in [7, 11) is -1.13. The fourth-order valence-corrected chi connectivity index (χ4v) is 11.7. The summed E-state index contributed by atoms with van der Waals surface area (Å²) < 4.78 is 24.2. The first kappa shape index (κ1) is 42.0. The Kier molecular flexibility index (Phi) is 11.2. The number of ether oxygens (including phenoxy) is 2. The van der Waals surface area contributed by atoms with Gasteiger partial charge in [0.1, 0.15) is 10.8 Å². The fraction of sp³-hybridized carbons (Fsp3) is 0.609. The molecule has 0 amide bonds. The molecule has 0 aliphatic heterocycles. The van der Waals surface area contributed by atoms with E-state index in [1.807, 2.05) is 26.0 Å². The molecular formula is C46H68O6Si2. The quantitative estimate of drug-likeness (QED) is 0.151. The standard InChI is InChI=1S/2C23H34O3Si/c2*1-9-19(26-27(7,8)22(3,4)5)23(21(24)25-6)18-14-15(2)16-12-10-11-13-17(16)20(18)23/h2*9-13,15,18,20H,14H2,1-8H3/b2*19-9-/t2*15-,18-,20+,23-/m00/s1. The Morgan fingerprint density at radius 3 is 1.17 bits per heavy atom. The first-order valence-corrected chi connectivity index (χ1v) is 25.9. The van der Waals surface area contributed by atoms with Crippen LogP contribution < -0.4 is 0 Å². The molecule has 6 rings (SSSR count). The van der Waals surface area contributed by atoms with Crippen molar-refractivity contribution in [1.82, 2.24) is 0 Å². The molecule has 0 heterocycles. The smallest absolute Gasteiger partial charge is 0.320 e. The number of hydrogen-bond donors (Lipinski definition) is 0. The summed E-state index contributed by atoms with van der Waals surface area (Å²) in [6, 6.07) is 17.2. The van der Waals surface area contributed by atoms with Gasteiger partial charge >= 0.3 is 11.9 Å². The van der Waals surface area contributed by atoms with Crippen LogP contribution >= 0.6 is 0 Å². The highest BCUT2D eigenvalue weighted by Crippen LogP contribution is 2.76. The van der Waals surface area contributed by atoms with E-state index in [1.54, 1.807) is 0 Å². The average molecular weight is 773 g/mol. The van der Waals surface area contributed by atoms with Crippen LogP contribution in [-0.4, -0.2) is 42.8 Å². The van der Waals surface area contributed by atoms with Crippen molar-refractivity contribution in [1.29, 1.82) is 0 Å². The SMILES string of the molecule is C/C=C(\O[Si](C)(C)C(C)(C)C)[C@]1(C(=O)OC)[C@@H]2c3ccccc3[C@@H](C)C[C@@H]21.C/C=C(\O[Si](C)(C)C(C)(C)C)[C@]1(C(=O)OC)[C@@H]2c3ccccc3[C@@H](C)C[C@@H]21. The van der Waals surface area contributed by atoms with E-state index < -0.39 is 27.5 Å². The van der Waals surface area contributed by atoms with E-state index in [1.165, 1.54) is 36.5 Å². The molecule has 0 unspecified atom stereocenters. The topological polar surface area (TPSA) is 71.1 Å². The molecule has 4 aliphatic rings. The van der Waals surface area contributed by atoms with Gasteiger partial charge in [-0.05, 0) is 109 Å². The second-order valence-electron chi connectivity index (χ2n) is 19.5. The van der Waals surface area contributed by atoms with Crippen molar-refractivity contribution in [2.24, 2.45) is 22.7 Å². The summed E-state index contributed by atoms with van der Waals surface area (Å²) in [5.74, 6) is 3.10. The lowest BCUT2D eigenvalue weighted by Crippen LogP contribution is -2.42. The molecule has 0 bridgehead atoms. The van der Waals surface area contributed by atoms with Crippen LogP contribution in [0.5, 0.6) is 0 Å². The Bertz CT molecular complexity index is 1680. The predicted molar refractivity (Wildman–Crippen MR) is 224 cm³/mol. The number of benzene rings is 2. The van der Waals surface area contributed by atoms with Crippen LogP contribution in [0.15, 0.2) is 72.2 Å². The van der Waals surface area contributed by atoms with E-state index >= 15 is 0 Å². The Hall–Kier alpha value is -3.11. The average Bonchev–Trinajstić information content (AvgIpc) is 3.99. The molecule has 6 nitrogen and oxygen atoms in total. The lowest BCUT2D eigenvalue weighted by Gasteiger charge is -2.39. The van der Waals surface area contributed by atoms with Crippen molar-refractivity contribution in [3.8, 4) is 0 Å². The molecule has 296 valence electrons. The number of allylic oxidation sites excluding steroid dienone is 2. The highest BCUT2D eigenvalue weighted by molar-refractivity contribution is 6.74. The number of methoxy groups -OCH3 is 2. The van der Waals surface area contributed by atoms with Gasteiger partial charge in [-0.15, -0.1) is 0 Å². The molecule has 2 fully saturated rings. The summed E-state index contributed by atoms with van der Waals surface area (Å²) >= 11 is 0. The number of rotatable bonds is 8. The first-order chi connectivity index (χ1) is 25.0. The van der Waals surface area contributed by atoms with Gasteiger partial charge in [0.05, 0.1) is 25.7 Å². The molecule has 8 atom stereocenters. The number of esters is 2. The highest BCUT2D eigenvalue weighted by Gasteiger charge is 2.76. The lowest BCUT2D eigenvalue weighted by atomic mass is 9.84. The van der Waals surface area contributed by atoms with Gasteiger partial charge in [-0.3, -0.25) is 9.59 Å². The molecule has 0 spiro atoms. The van der Waals surface area contributed by atoms with Crippen molar-refractivity contribution >= 4 is 28.6 Å². The zero-order valence-electron chi connectivity index (χ0n) is 36.1. The fourth-order valence-electron chi connectivity index (χ4n) is 9.38. The van der Waals surface area contributed by atoms with Crippen LogP contribution in [0.2, 0.25) is 36.3 Å². The van der Waals surface area contributed by atoms with Crippen LogP contribution in [0.3, 0.4) is 0 Å². The Balaban J connectivity index is 0.000000208. The van der Waals surface area contributed by atoms with Crippen LogP contribution in [-0.2, 0) is 27.9 Å². The van der Waals surface area contributed by atoms with E-state index in [0.717, 1.165) is 24.4 Å². The summed E-state index contributed by atoms with van der Waals surface area (Å²) in [5, 5.41) is 0.146. The second-order valence-corrected chi connectivity index (χ2v) is 28.9. The molecule has 54 heavy (non-hydrogen) atoms. The molecule has 0 aromatic heterocycles. The second kappa shape index (κ2) is 14.4. The molecule has 0 radical (unpaired) electrons.